The molecule has 0 saturated heterocycles. The highest BCUT2D eigenvalue weighted by molar-refractivity contribution is 5.20. The van der Waals surface area contributed by atoms with E-state index in [1.807, 2.05) is 26.0 Å². The Morgan fingerprint density at radius 2 is 2.14 bits per heavy atom. The fourth-order valence-corrected chi connectivity index (χ4v) is 2.65. The van der Waals surface area contributed by atoms with Crippen LogP contribution in [-0.2, 0) is 6.42 Å². The molecule has 2 aromatic rings. The molecule has 2 unspecified atom stereocenters. The van der Waals surface area contributed by atoms with E-state index in [2.05, 4.69) is 22.2 Å². The number of aromatic amines is 1. The first-order valence-corrected chi connectivity index (χ1v) is 7.33. The number of hydrogen-bond acceptors (Lipinski definition) is 4. The van der Waals surface area contributed by atoms with Crippen LogP contribution in [0, 0.1) is 13.8 Å². The predicted molar refractivity (Wildman–Crippen MR) is 82.4 cm³/mol. The molecule has 2 N–H and O–H groups in total. The smallest absolute Gasteiger partial charge is 0.255 e. The monoisotopic (exact) mass is 289 g/mol. The number of rotatable bonds is 6. The minimum Gasteiger partial charge on any atom is -0.469 e. The van der Waals surface area contributed by atoms with Crippen LogP contribution in [0.15, 0.2) is 27.6 Å². The summed E-state index contributed by atoms with van der Waals surface area (Å²) in [7, 11) is 0. The lowest BCUT2D eigenvalue weighted by Crippen LogP contribution is -2.33. The Bertz CT molecular complexity index is 631. The molecule has 0 amide bonds. The van der Waals surface area contributed by atoms with E-state index in [4.69, 9.17) is 4.42 Å². The maximum atomic E-state index is 12.1. The summed E-state index contributed by atoms with van der Waals surface area (Å²) in [6.45, 7) is 7.79. The number of aromatic nitrogens is 2. The van der Waals surface area contributed by atoms with E-state index in [1.165, 1.54) is 0 Å². The van der Waals surface area contributed by atoms with Crippen LogP contribution < -0.4 is 10.9 Å². The standard InChI is InChI=1S/C16H23N3O2/c1-10(7-8-14-6-5-9-21-14)17-11(2)15-12(3)18-13(4)19-16(15)20/h5-6,9-11,17H,7-8H2,1-4H3,(H,18,19,20). The Morgan fingerprint density at radius 3 is 2.76 bits per heavy atom. The second kappa shape index (κ2) is 6.72. The van der Waals surface area contributed by atoms with Crippen molar-refractivity contribution in [2.45, 2.75) is 52.6 Å². The molecule has 5 heteroatoms. The van der Waals surface area contributed by atoms with Gasteiger partial charge in [-0.05, 0) is 46.2 Å². The van der Waals surface area contributed by atoms with Gasteiger partial charge >= 0.3 is 0 Å². The Balaban J connectivity index is 1.97. The van der Waals surface area contributed by atoms with E-state index in [1.54, 1.807) is 13.2 Å². The number of aryl methyl sites for hydroxylation is 3. The quantitative estimate of drug-likeness (QED) is 0.857. The second-order valence-corrected chi connectivity index (χ2v) is 5.56. The molecule has 2 aromatic heterocycles. The van der Waals surface area contributed by atoms with Crippen molar-refractivity contribution in [3.8, 4) is 0 Å². The van der Waals surface area contributed by atoms with Gasteiger partial charge in [0.15, 0.2) is 0 Å². The van der Waals surface area contributed by atoms with Gasteiger partial charge in [0.05, 0.1) is 11.8 Å². The van der Waals surface area contributed by atoms with Gasteiger partial charge in [0.2, 0.25) is 0 Å². The molecule has 0 saturated carbocycles. The van der Waals surface area contributed by atoms with Gasteiger partial charge in [0.1, 0.15) is 11.6 Å². The molecule has 114 valence electrons. The molecule has 2 rings (SSSR count). The van der Waals surface area contributed by atoms with E-state index >= 15 is 0 Å². The van der Waals surface area contributed by atoms with E-state index < -0.39 is 0 Å². The third-order valence-corrected chi connectivity index (χ3v) is 3.64. The van der Waals surface area contributed by atoms with Crippen molar-refractivity contribution in [3.05, 3.63) is 51.6 Å². The molecule has 21 heavy (non-hydrogen) atoms. The van der Waals surface area contributed by atoms with Crippen molar-refractivity contribution in [2.75, 3.05) is 0 Å². The molecule has 0 aliphatic rings. The van der Waals surface area contributed by atoms with Crippen molar-refractivity contribution in [3.63, 3.8) is 0 Å². The largest absolute Gasteiger partial charge is 0.469 e. The summed E-state index contributed by atoms with van der Waals surface area (Å²) in [5.41, 5.74) is 1.44. The molecule has 2 heterocycles. The number of hydrogen-bond donors (Lipinski definition) is 2. The molecule has 0 fully saturated rings. The van der Waals surface area contributed by atoms with Crippen LogP contribution >= 0.6 is 0 Å². The van der Waals surface area contributed by atoms with E-state index in [0.29, 0.717) is 11.4 Å². The Hall–Kier alpha value is -1.88. The summed E-state index contributed by atoms with van der Waals surface area (Å²) in [6.07, 6.45) is 3.53. The minimum atomic E-state index is -0.0572. The van der Waals surface area contributed by atoms with Gasteiger partial charge in [-0.3, -0.25) is 4.79 Å². The molecule has 0 aliphatic heterocycles. The highest BCUT2D eigenvalue weighted by Gasteiger charge is 2.16. The molecule has 0 radical (unpaired) electrons. The average Bonchev–Trinajstić information content (AvgIpc) is 2.88. The topological polar surface area (TPSA) is 70.9 Å². The Kier molecular flexibility index (Phi) is 4.96. The molecule has 0 aliphatic carbocycles. The summed E-state index contributed by atoms with van der Waals surface area (Å²) >= 11 is 0. The van der Waals surface area contributed by atoms with Gasteiger partial charge in [-0.25, -0.2) is 4.98 Å². The number of nitrogens with zero attached hydrogens (tertiary/aromatic N) is 1. The maximum absolute atomic E-state index is 12.1. The summed E-state index contributed by atoms with van der Waals surface area (Å²) in [4.78, 5) is 19.2. The van der Waals surface area contributed by atoms with Gasteiger partial charge in [-0.2, -0.15) is 0 Å². The highest BCUT2D eigenvalue weighted by Crippen LogP contribution is 2.13. The fraction of sp³-hybridized carbons (Fsp3) is 0.500. The minimum absolute atomic E-state index is 0.0338. The van der Waals surface area contributed by atoms with E-state index in [0.717, 1.165) is 24.3 Å². The van der Waals surface area contributed by atoms with Crippen molar-refractivity contribution in [1.29, 1.82) is 0 Å². The first-order chi connectivity index (χ1) is 9.97. The van der Waals surface area contributed by atoms with Crippen LogP contribution in [-0.4, -0.2) is 16.0 Å². The van der Waals surface area contributed by atoms with E-state index in [-0.39, 0.29) is 17.6 Å². The lowest BCUT2D eigenvalue weighted by Gasteiger charge is -2.20. The Labute approximate surface area is 124 Å². The van der Waals surface area contributed by atoms with E-state index in [9.17, 15) is 4.79 Å². The van der Waals surface area contributed by atoms with Gasteiger partial charge in [-0.1, -0.05) is 0 Å². The first kappa shape index (κ1) is 15.5. The van der Waals surface area contributed by atoms with Crippen molar-refractivity contribution in [2.24, 2.45) is 0 Å². The third-order valence-electron chi connectivity index (χ3n) is 3.64. The molecule has 0 spiro atoms. The Morgan fingerprint density at radius 1 is 1.38 bits per heavy atom. The van der Waals surface area contributed by atoms with Crippen molar-refractivity contribution < 1.29 is 4.42 Å². The molecule has 2 atom stereocenters. The van der Waals surface area contributed by atoms with Crippen LogP contribution in [0.1, 0.15) is 49.2 Å². The second-order valence-electron chi connectivity index (χ2n) is 5.56. The third kappa shape index (κ3) is 4.04. The molecule has 5 nitrogen and oxygen atoms in total. The maximum Gasteiger partial charge on any atom is 0.255 e. The fourth-order valence-electron chi connectivity index (χ4n) is 2.65. The van der Waals surface area contributed by atoms with Gasteiger partial charge in [0.25, 0.3) is 5.56 Å². The zero-order valence-corrected chi connectivity index (χ0v) is 13.1. The zero-order chi connectivity index (χ0) is 15.4. The van der Waals surface area contributed by atoms with Crippen molar-refractivity contribution in [1.82, 2.24) is 15.3 Å². The summed E-state index contributed by atoms with van der Waals surface area (Å²) in [5.74, 6) is 1.64. The van der Waals surface area contributed by atoms with Gasteiger partial charge in [-0.15, -0.1) is 0 Å². The highest BCUT2D eigenvalue weighted by atomic mass is 16.3. The van der Waals surface area contributed by atoms with Crippen LogP contribution in [0.3, 0.4) is 0 Å². The number of H-pyrrole nitrogens is 1. The molecule has 0 aromatic carbocycles. The summed E-state index contributed by atoms with van der Waals surface area (Å²) < 4.78 is 5.33. The van der Waals surface area contributed by atoms with Crippen LogP contribution in [0.4, 0.5) is 0 Å². The van der Waals surface area contributed by atoms with Crippen LogP contribution in [0.2, 0.25) is 0 Å². The first-order valence-electron chi connectivity index (χ1n) is 7.33. The van der Waals surface area contributed by atoms with Crippen LogP contribution in [0.5, 0.6) is 0 Å². The molecular formula is C16H23N3O2. The zero-order valence-electron chi connectivity index (χ0n) is 13.1. The predicted octanol–water partition coefficient (Wildman–Crippen LogP) is 2.65. The molecule has 0 bridgehead atoms. The van der Waals surface area contributed by atoms with Crippen molar-refractivity contribution >= 4 is 0 Å². The van der Waals surface area contributed by atoms with Crippen LogP contribution in [0.25, 0.3) is 0 Å². The molecular weight excluding hydrogens is 266 g/mol. The summed E-state index contributed by atoms with van der Waals surface area (Å²) in [5, 5.41) is 3.46. The average molecular weight is 289 g/mol. The SMILES string of the molecule is Cc1nc(C)c(C(C)NC(C)CCc2ccco2)c(=O)[nH]1. The lowest BCUT2D eigenvalue weighted by atomic mass is 10.1. The number of nitrogens with one attached hydrogen (secondary N) is 2. The van der Waals surface area contributed by atoms with Gasteiger partial charge in [0, 0.05) is 24.2 Å². The normalized spacial score (nSPS) is 14.1. The van der Waals surface area contributed by atoms with Gasteiger partial charge < -0.3 is 14.7 Å². The lowest BCUT2D eigenvalue weighted by molar-refractivity contribution is 0.427. The summed E-state index contributed by atoms with van der Waals surface area (Å²) in [6, 6.07) is 4.13. The number of furan rings is 1.